The van der Waals surface area contributed by atoms with Crippen LogP contribution in [0.5, 0.6) is 5.75 Å². The van der Waals surface area contributed by atoms with Crippen LogP contribution in [0.25, 0.3) is 0 Å². The van der Waals surface area contributed by atoms with E-state index in [1.807, 2.05) is 4.90 Å². The zero-order valence-corrected chi connectivity index (χ0v) is 17.6. The van der Waals surface area contributed by atoms with Crippen molar-refractivity contribution in [1.82, 2.24) is 9.80 Å². The van der Waals surface area contributed by atoms with Crippen molar-refractivity contribution >= 4 is 23.5 Å². The van der Waals surface area contributed by atoms with Gasteiger partial charge in [0, 0.05) is 31.0 Å². The van der Waals surface area contributed by atoms with E-state index < -0.39 is 12.1 Å². The zero-order valence-electron chi connectivity index (χ0n) is 16.8. The summed E-state index contributed by atoms with van der Waals surface area (Å²) in [5.74, 6) is -1.75. The van der Waals surface area contributed by atoms with Crippen LogP contribution in [0.4, 0.5) is 13.2 Å². The molecule has 2 saturated heterocycles. The average Bonchev–Trinajstić information content (AvgIpc) is 3.17. The van der Waals surface area contributed by atoms with Crippen LogP contribution >= 0.6 is 11.6 Å². The Balaban J connectivity index is 0.000000396. The van der Waals surface area contributed by atoms with Gasteiger partial charge in [-0.1, -0.05) is 11.6 Å². The molecule has 1 N–H and O–H groups in total. The molecule has 0 saturated carbocycles. The smallest absolute Gasteiger partial charge is 0.490 e. The molecular formula is C19H24ClF3N2O5. The summed E-state index contributed by atoms with van der Waals surface area (Å²) in [6.45, 7) is 3.80. The predicted octanol–water partition coefficient (Wildman–Crippen LogP) is 2.63. The van der Waals surface area contributed by atoms with Crippen LogP contribution in [0.15, 0.2) is 18.2 Å². The molecule has 2 aliphatic heterocycles. The van der Waals surface area contributed by atoms with Crippen LogP contribution in [0.3, 0.4) is 0 Å². The Hall–Kier alpha value is -2.04. The zero-order chi connectivity index (χ0) is 22.7. The summed E-state index contributed by atoms with van der Waals surface area (Å²) in [5, 5.41) is 7.59. The molecule has 30 heavy (non-hydrogen) atoms. The first kappa shape index (κ1) is 24.2. The van der Waals surface area contributed by atoms with Gasteiger partial charge in [0.15, 0.2) is 0 Å². The second kappa shape index (κ2) is 9.40. The van der Waals surface area contributed by atoms with E-state index in [4.69, 9.17) is 31.0 Å². The SMILES string of the molecule is COc1ccc(Cl)c(C(=O)N2C[C@@H]3COC[C@]3(CN(C)C)C2)c1.O=C(O)C(F)(F)F. The van der Waals surface area contributed by atoms with E-state index in [2.05, 4.69) is 19.0 Å². The lowest BCUT2D eigenvalue weighted by Crippen LogP contribution is -2.41. The highest BCUT2D eigenvalue weighted by molar-refractivity contribution is 6.33. The number of halogens is 4. The summed E-state index contributed by atoms with van der Waals surface area (Å²) in [7, 11) is 5.71. The van der Waals surface area contributed by atoms with Crippen LogP contribution in [0.1, 0.15) is 10.4 Å². The maximum Gasteiger partial charge on any atom is 0.490 e. The number of methoxy groups -OCH3 is 1. The summed E-state index contributed by atoms with van der Waals surface area (Å²) in [6, 6.07) is 5.19. The van der Waals surface area contributed by atoms with Crippen molar-refractivity contribution < 1.29 is 37.3 Å². The van der Waals surface area contributed by atoms with E-state index in [0.29, 0.717) is 35.4 Å². The van der Waals surface area contributed by atoms with Crippen molar-refractivity contribution in [3.8, 4) is 5.75 Å². The number of hydrogen-bond acceptors (Lipinski definition) is 5. The molecule has 0 radical (unpaired) electrons. The molecule has 0 aliphatic carbocycles. The Morgan fingerprint density at radius 1 is 1.40 bits per heavy atom. The minimum Gasteiger partial charge on any atom is -0.497 e. The second-order valence-electron chi connectivity index (χ2n) is 7.65. The van der Waals surface area contributed by atoms with Gasteiger partial charge in [0.2, 0.25) is 0 Å². The monoisotopic (exact) mass is 452 g/mol. The molecular weight excluding hydrogens is 429 g/mol. The highest BCUT2D eigenvalue weighted by Gasteiger charge is 2.52. The molecule has 1 aromatic carbocycles. The number of carboxylic acid groups (broad SMARTS) is 1. The standard InChI is InChI=1S/C17H23ClN2O3.C2HF3O2/c1-19(2)9-17-10-20(7-12(17)8-23-11-17)16(21)14-6-13(22-3)4-5-15(14)18;3-2(4,5)1(6)7/h4-6,12H,7-11H2,1-3H3;(H,6,7)/t12-,17+;/m1./s1. The van der Waals surface area contributed by atoms with Crippen molar-refractivity contribution in [2.45, 2.75) is 6.18 Å². The molecule has 11 heteroatoms. The summed E-state index contributed by atoms with van der Waals surface area (Å²) < 4.78 is 42.6. The van der Waals surface area contributed by atoms with Gasteiger partial charge in [0.05, 0.1) is 30.9 Å². The van der Waals surface area contributed by atoms with Gasteiger partial charge in [0.25, 0.3) is 5.91 Å². The van der Waals surface area contributed by atoms with Crippen molar-refractivity contribution in [3.05, 3.63) is 28.8 Å². The summed E-state index contributed by atoms with van der Waals surface area (Å²) in [5.41, 5.74) is 0.539. The number of hydrogen-bond donors (Lipinski definition) is 1. The van der Waals surface area contributed by atoms with E-state index in [1.165, 1.54) is 0 Å². The number of ether oxygens (including phenoxy) is 2. The third-order valence-corrected chi connectivity index (χ3v) is 5.42. The topological polar surface area (TPSA) is 79.3 Å². The number of benzene rings is 1. The quantitative estimate of drug-likeness (QED) is 0.756. The van der Waals surface area contributed by atoms with Crippen molar-refractivity contribution in [2.75, 3.05) is 54.1 Å². The number of fused-ring (bicyclic) bond motifs is 1. The number of nitrogens with zero attached hydrogens (tertiary/aromatic N) is 2. The lowest BCUT2D eigenvalue weighted by molar-refractivity contribution is -0.192. The fourth-order valence-corrected chi connectivity index (χ4v) is 4.00. The van der Waals surface area contributed by atoms with Gasteiger partial charge in [-0.25, -0.2) is 4.79 Å². The Morgan fingerprint density at radius 3 is 2.57 bits per heavy atom. The molecule has 2 heterocycles. The first-order valence-corrected chi connectivity index (χ1v) is 9.43. The van der Waals surface area contributed by atoms with Gasteiger partial charge in [-0.15, -0.1) is 0 Å². The van der Waals surface area contributed by atoms with Gasteiger partial charge in [-0.05, 0) is 32.3 Å². The highest BCUT2D eigenvalue weighted by Crippen LogP contribution is 2.42. The summed E-state index contributed by atoms with van der Waals surface area (Å²) in [4.78, 5) is 25.9. The van der Waals surface area contributed by atoms with Crippen LogP contribution in [0.2, 0.25) is 5.02 Å². The predicted molar refractivity (Wildman–Crippen MR) is 103 cm³/mol. The first-order valence-electron chi connectivity index (χ1n) is 9.05. The molecule has 168 valence electrons. The molecule has 0 bridgehead atoms. The van der Waals surface area contributed by atoms with Gasteiger partial charge < -0.3 is 24.4 Å². The number of carbonyl (C=O) groups excluding carboxylic acids is 1. The molecule has 0 unspecified atom stereocenters. The molecule has 0 aromatic heterocycles. The van der Waals surface area contributed by atoms with Gasteiger partial charge in [0.1, 0.15) is 5.75 Å². The van der Waals surface area contributed by atoms with Crippen LogP contribution < -0.4 is 4.74 Å². The number of carboxylic acids is 1. The number of likely N-dealkylation sites (tertiary alicyclic amines) is 1. The minimum atomic E-state index is -5.08. The fourth-order valence-electron chi connectivity index (χ4n) is 3.81. The summed E-state index contributed by atoms with van der Waals surface area (Å²) >= 11 is 6.23. The minimum absolute atomic E-state index is 0.0265. The summed E-state index contributed by atoms with van der Waals surface area (Å²) in [6.07, 6.45) is -5.08. The maximum atomic E-state index is 12.9. The van der Waals surface area contributed by atoms with Crippen LogP contribution in [-0.4, -0.2) is 87.0 Å². The van der Waals surface area contributed by atoms with Gasteiger partial charge >= 0.3 is 12.1 Å². The van der Waals surface area contributed by atoms with Crippen molar-refractivity contribution in [2.24, 2.45) is 11.3 Å². The van der Waals surface area contributed by atoms with Gasteiger partial charge in [-0.3, -0.25) is 4.79 Å². The Morgan fingerprint density at radius 2 is 2.03 bits per heavy atom. The number of aliphatic carboxylic acids is 1. The largest absolute Gasteiger partial charge is 0.497 e. The number of rotatable bonds is 4. The molecule has 2 fully saturated rings. The highest BCUT2D eigenvalue weighted by atomic mass is 35.5. The second-order valence-corrected chi connectivity index (χ2v) is 8.05. The van der Waals surface area contributed by atoms with E-state index >= 15 is 0 Å². The molecule has 3 rings (SSSR count). The fraction of sp³-hybridized carbons (Fsp3) is 0.579. The number of carbonyl (C=O) groups is 2. The molecule has 1 aromatic rings. The van der Waals surface area contributed by atoms with Crippen molar-refractivity contribution in [3.63, 3.8) is 0 Å². The molecule has 0 spiro atoms. The van der Waals surface area contributed by atoms with E-state index in [9.17, 15) is 18.0 Å². The van der Waals surface area contributed by atoms with E-state index in [1.54, 1.807) is 25.3 Å². The molecule has 7 nitrogen and oxygen atoms in total. The van der Waals surface area contributed by atoms with E-state index in [0.717, 1.165) is 19.7 Å². The van der Waals surface area contributed by atoms with Crippen LogP contribution in [0, 0.1) is 11.3 Å². The molecule has 2 aliphatic rings. The number of alkyl halides is 3. The Labute approximate surface area is 177 Å². The van der Waals surface area contributed by atoms with E-state index in [-0.39, 0.29) is 11.3 Å². The Kier molecular flexibility index (Phi) is 7.59. The van der Waals surface area contributed by atoms with Crippen LogP contribution in [-0.2, 0) is 9.53 Å². The van der Waals surface area contributed by atoms with Gasteiger partial charge in [-0.2, -0.15) is 13.2 Å². The first-order chi connectivity index (χ1) is 13.9. The normalized spacial score (nSPS) is 23.1. The third kappa shape index (κ3) is 5.55. The maximum absolute atomic E-state index is 12.9. The Bertz CT molecular complexity index is 790. The number of amides is 1. The molecule has 1 amide bonds. The lowest BCUT2D eigenvalue weighted by atomic mass is 9.81. The third-order valence-electron chi connectivity index (χ3n) is 5.09. The average molecular weight is 453 g/mol. The van der Waals surface area contributed by atoms with Crippen molar-refractivity contribution in [1.29, 1.82) is 0 Å². The molecule has 2 atom stereocenters. The lowest BCUT2D eigenvalue weighted by Gasteiger charge is -2.30.